The number of carboxylic acids is 1. The van der Waals surface area contributed by atoms with Crippen LogP contribution in [0, 0.1) is 11.8 Å². The highest BCUT2D eigenvalue weighted by Crippen LogP contribution is 2.20. The third kappa shape index (κ3) is 10.5. The summed E-state index contributed by atoms with van der Waals surface area (Å²) in [5.74, 6) is -2.31. The molecule has 4 unspecified atom stereocenters. The second-order valence-corrected chi connectivity index (χ2v) is 9.96. The molecule has 12 heteroatoms. The van der Waals surface area contributed by atoms with E-state index in [1.165, 1.54) is 4.90 Å². The molecule has 1 saturated heterocycles. The molecule has 35 heavy (non-hydrogen) atoms. The van der Waals surface area contributed by atoms with Crippen LogP contribution in [0.2, 0.25) is 0 Å². The fourth-order valence-corrected chi connectivity index (χ4v) is 4.12. The number of aliphatic imine (C=N–C) groups is 1. The molecule has 1 aliphatic heterocycles. The Balaban J connectivity index is 3.02. The summed E-state index contributed by atoms with van der Waals surface area (Å²) in [4.78, 5) is 55.9. The number of nitrogens with two attached hydrogens (primary N) is 3. The van der Waals surface area contributed by atoms with Crippen LogP contribution in [-0.2, 0) is 19.2 Å². The van der Waals surface area contributed by atoms with Crippen molar-refractivity contribution >= 4 is 29.7 Å². The largest absolute Gasteiger partial charge is 0.480 e. The molecule has 9 N–H and O–H groups in total. The maximum Gasteiger partial charge on any atom is 0.326 e. The summed E-state index contributed by atoms with van der Waals surface area (Å²) < 4.78 is 0. The predicted molar refractivity (Wildman–Crippen MR) is 133 cm³/mol. The highest BCUT2D eigenvalue weighted by Gasteiger charge is 2.38. The van der Waals surface area contributed by atoms with Crippen LogP contribution in [0.5, 0.6) is 0 Å². The molecule has 200 valence electrons. The summed E-state index contributed by atoms with van der Waals surface area (Å²) in [6.45, 7) is 8.29. The van der Waals surface area contributed by atoms with Crippen molar-refractivity contribution < 1.29 is 24.3 Å². The van der Waals surface area contributed by atoms with Gasteiger partial charge in [-0.15, -0.1) is 0 Å². The molecule has 0 aromatic carbocycles. The zero-order valence-corrected chi connectivity index (χ0v) is 21.3. The molecule has 0 aromatic rings. The van der Waals surface area contributed by atoms with Crippen LogP contribution in [-0.4, -0.2) is 76.9 Å². The zero-order valence-electron chi connectivity index (χ0n) is 21.3. The van der Waals surface area contributed by atoms with E-state index in [2.05, 4.69) is 15.6 Å². The number of hydrogen-bond acceptors (Lipinski definition) is 6. The number of carbonyl (C=O) groups excluding carboxylic acids is 3. The fourth-order valence-electron chi connectivity index (χ4n) is 4.12. The fraction of sp³-hybridized carbons (Fsp3) is 0.783. The second-order valence-electron chi connectivity index (χ2n) is 9.96. The van der Waals surface area contributed by atoms with Crippen molar-refractivity contribution in [2.45, 2.75) is 90.4 Å². The van der Waals surface area contributed by atoms with E-state index >= 15 is 0 Å². The van der Waals surface area contributed by atoms with Gasteiger partial charge in [-0.1, -0.05) is 27.7 Å². The summed E-state index contributed by atoms with van der Waals surface area (Å²) in [6, 6.07) is -3.55. The van der Waals surface area contributed by atoms with Crippen molar-refractivity contribution in [1.82, 2.24) is 15.5 Å². The summed E-state index contributed by atoms with van der Waals surface area (Å²) >= 11 is 0. The van der Waals surface area contributed by atoms with E-state index in [9.17, 15) is 24.3 Å². The number of aliphatic carboxylic acids is 1. The highest BCUT2D eigenvalue weighted by molar-refractivity contribution is 5.94. The Morgan fingerprint density at radius 1 is 1.00 bits per heavy atom. The number of nitrogens with one attached hydrogen (secondary N) is 2. The van der Waals surface area contributed by atoms with Gasteiger partial charge in [0.2, 0.25) is 17.7 Å². The monoisotopic (exact) mass is 497 g/mol. The Hall–Kier alpha value is -2.89. The predicted octanol–water partition coefficient (Wildman–Crippen LogP) is -0.495. The van der Waals surface area contributed by atoms with Gasteiger partial charge in [0.05, 0.1) is 6.04 Å². The van der Waals surface area contributed by atoms with Gasteiger partial charge in [-0.3, -0.25) is 19.4 Å². The Labute approximate surface area is 207 Å². The van der Waals surface area contributed by atoms with Crippen molar-refractivity contribution in [3.63, 3.8) is 0 Å². The van der Waals surface area contributed by atoms with Crippen LogP contribution in [0.15, 0.2) is 4.99 Å². The van der Waals surface area contributed by atoms with Crippen LogP contribution in [0.1, 0.15) is 66.2 Å². The van der Waals surface area contributed by atoms with Crippen molar-refractivity contribution in [2.24, 2.45) is 34.0 Å². The lowest BCUT2D eigenvalue weighted by molar-refractivity contribution is -0.149. The molecule has 3 amide bonds. The third-order valence-corrected chi connectivity index (χ3v) is 5.78. The number of carbonyl (C=O) groups is 4. The van der Waals surface area contributed by atoms with Crippen molar-refractivity contribution in [3.8, 4) is 0 Å². The van der Waals surface area contributed by atoms with E-state index in [-0.39, 0.29) is 30.8 Å². The molecule has 1 rings (SSSR count). The van der Waals surface area contributed by atoms with Gasteiger partial charge in [0.15, 0.2) is 5.96 Å². The van der Waals surface area contributed by atoms with Crippen LogP contribution >= 0.6 is 0 Å². The average Bonchev–Trinajstić information content (AvgIpc) is 3.23. The molecule has 0 aromatic heterocycles. The first-order chi connectivity index (χ1) is 16.3. The van der Waals surface area contributed by atoms with Gasteiger partial charge in [0, 0.05) is 13.1 Å². The molecule has 0 bridgehead atoms. The molecule has 1 fully saturated rings. The van der Waals surface area contributed by atoms with Crippen LogP contribution in [0.4, 0.5) is 0 Å². The lowest BCUT2D eigenvalue weighted by Gasteiger charge is -2.30. The van der Waals surface area contributed by atoms with Crippen molar-refractivity contribution in [1.29, 1.82) is 0 Å². The molecular weight excluding hydrogens is 454 g/mol. The van der Waals surface area contributed by atoms with Crippen molar-refractivity contribution in [2.75, 3.05) is 13.1 Å². The Bertz CT molecular complexity index is 767. The van der Waals surface area contributed by atoms with Crippen LogP contribution < -0.4 is 27.8 Å². The van der Waals surface area contributed by atoms with E-state index in [0.717, 1.165) is 0 Å². The topological polar surface area (TPSA) is 206 Å². The maximum atomic E-state index is 13.2. The number of guanidine groups is 1. The molecular formula is C23H43N7O5. The van der Waals surface area contributed by atoms with Gasteiger partial charge < -0.3 is 37.8 Å². The van der Waals surface area contributed by atoms with E-state index in [1.807, 2.05) is 27.7 Å². The summed E-state index contributed by atoms with van der Waals surface area (Å²) in [5.41, 5.74) is 16.7. The minimum atomic E-state index is -1.06. The lowest BCUT2D eigenvalue weighted by Crippen LogP contribution is -2.57. The zero-order chi connectivity index (χ0) is 26.7. The van der Waals surface area contributed by atoms with E-state index < -0.39 is 47.9 Å². The quantitative estimate of drug-likeness (QED) is 0.104. The van der Waals surface area contributed by atoms with E-state index in [1.54, 1.807) is 0 Å². The molecule has 0 radical (unpaired) electrons. The molecule has 1 aliphatic rings. The molecule has 0 aliphatic carbocycles. The molecule has 0 spiro atoms. The van der Waals surface area contributed by atoms with Crippen molar-refractivity contribution in [3.05, 3.63) is 0 Å². The third-order valence-electron chi connectivity index (χ3n) is 5.78. The lowest BCUT2D eigenvalue weighted by atomic mass is 10.0. The van der Waals surface area contributed by atoms with Crippen LogP contribution in [0.3, 0.4) is 0 Å². The van der Waals surface area contributed by atoms with Gasteiger partial charge in [0.25, 0.3) is 0 Å². The standard InChI is InChI=1S/C23H43N7O5/c1-13(2)11-15(24)19(31)28-16(7-5-9-27-23(25)26)20(32)29-17(12-14(3)4)21(33)30-10-6-8-18(30)22(34)35/h13-18H,5-12,24H2,1-4H3,(H,28,31)(H,29,32)(H,34,35)(H4,25,26,27). The minimum Gasteiger partial charge on any atom is -0.480 e. The van der Waals surface area contributed by atoms with Gasteiger partial charge in [0.1, 0.15) is 18.1 Å². The number of rotatable bonds is 14. The number of amides is 3. The second kappa shape index (κ2) is 14.5. The Kier molecular flexibility index (Phi) is 12.5. The maximum absolute atomic E-state index is 13.2. The number of carboxylic acid groups (broad SMARTS) is 1. The number of likely N-dealkylation sites (tertiary alicyclic amines) is 1. The molecule has 0 saturated carbocycles. The first kappa shape index (κ1) is 30.1. The van der Waals surface area contributed by atoms with Gasteiger partial charge in [-0.05, 0) is 50.4 Å². The first-order valence-corrected chi connectivity index (χ1v) is 12.3. The highest BCUT2D eigenvalue weighted by atomic mass is 16.4. The Morgan fingerprint density at radius 3 is 2.14 bits per heavy atom. The van der Waals surface area contributed by atoms with E-state index in [0.29, 0.717) is 38.6 Å². The van der Waals surface area contributed by atoms with E-state index in [4.69, 9.17) is 17.2 Å². The number of hydrogen-bond donors (Lipinski definition) is 6. The summed E-state index contributed by atoms with van der Waals surface area (Å²) in [5, 5.41) is 14.9. The summed E-state index contributed by atoms with van der Waals surface area (Å²) in [6.07, 6.45) is 2.38. The van der Waals surface area contributed by atoms with Crippen LogP contribution in [0.25, 0.3) is 0 Å². The molecule has 4 atom stereocenters. The summed E-state index contributed by atoms with van der Waals surface area (Å²) in [7, 11) is 0. The minimum absolute atomic E-state index is 0.0597. The normalized spacial score (nSPS) is 18.1. The van der Waals surface area contributed by atoms with Gasteiger partial charge in [-0.25, -0.2) is 4.79 Å². The SMILES string of the molecule is CC(C)CC(N)C(=O)NC(CCCN=C(N)N)C(=O)NC(CC(C)C)C(=O)N1CCCC1C(=O)O. The number of nitrogens with zero attached hydrogens (tertiary/aromatic N) is 2. The van der Waals surface area contributed by atoms with Gasteiger partial charge in [-0.2, -0.15) is 0 Å². The Morgan fingerprint density at radius 2 is 1.60 bits per heavy atom. The molecule has 12 nitrogen and oxygen atoms in total. The first-order valence-electron chi connectivity index (χ1n) is 12.3. The van der Waals surface area contributed by atoms with Gasteiger partial charge >= 0.3 is 5.97 Å². The molecule has 1 heterocycles. The smallest absolute Gasteiger partial charge is 0.326 e. The average molecular weight is 498 g/mol.